The van der Waals surface area contributed by atoms with Crippen molar-refractivity contribution in [1.82, 2.24) is 20.0 Å². The zero-order valence-electron chi connectivity index (χ0n) is 14.6. The van der Waals surface area contributed by atoms with Crippen LogP contribution in [0.3, 0.4) is 0 Å². The second-order valence-corrected chi connectivity index (χ2v) is 6.43. The van der Waals surface area contributed by atoms with Crippen LogP contribution < -0.4 is 0 Å². The van der Waals surface area contributed by atoms with Gasteiger partial charge < -0.3 is 0 Å². The van der Waals surface area contributed by atoms with Gasteiger partial charge >= 0.3 is 0 Å². The zero-order chi connectivity index (χ0) is 20.1. The number of carbonyl (C=O) groups excluding carboxylic acids is 2. The third kappa shape index (κ3) is 2.49. The Morgan fingerprint density at radius 3 is 2.21 bits per heavy atom. The van der Waals surface area contributed by atoms with E-state index in [0.29, 0.717) is 0 Å². The first-order chi connectivity index (χ1) is 14.1. The Balaban J connectivity index is 1.67. The lowest BCUT2D eigenvalue weighted by Gasteiger charge is -2.15. The highest BCUT2D eigenvalue weighted by Crippen LogP contribution is 2.31. The summed E-state index contributed by atoms with van der Waals surface area (Å²) in [6, 6.07) is 11.5. The summed E-state index contributed by atoms with van der Waals surface area (Å²) in [4.78, 5) is 29.4. The topological polar surface area (TPSA) is 77.7 Å². The van der Waals surface area contributed by atoms with Crippen LogP contribution in [-0.2, 0) is 0 Å². The average molecular weight is 388 g/mol. The lowest BCUT2D eigenvalue weighted by atomic mass is 9.90. The van der Waals surface area contributed by atoms with E-state index in [9.17, 15) is 18.4 Å². The van der Waals surface area contributed by atoms with Crippen LogP contribution >= 0.6 is 0 Å². The fourth-order valence-corrected chi connectivity index (χ4v) is 3.42. The summed E-state index contributed by atoms with van der Waals surface area (Å²) in [7, 11) is 0. The Bertz CT molecular complexity index is 1290. The molecular formula is C21H10F2N4O2. The first-order valence-electron chi connectivity index (χ1n) is 8.60. The third-order valence-electron chi connectivity index (χ3n) is 4.74. The number of nitrogens with zero attached hydrogens (tertiary/aromatic N) is 4. The Morgan fingerprint density at radius 1 is 0.862 bits per heavy atom. The van der Waals surface area contributed by atoms with Gasteiger partial charge in [-0.15, -0.1) is 5.10 Å². The van der Waals surface area contributed by atoms with Gasteiger partial charge in [0.05, 0.1) is 11.3 Å². The number of halogens is 2. The standard InChI is InChI=1S/C21H10F2N4O2/c22-15-8-12(9-16(23)17(15)11-4-3-7-24-10-11)27-19-18(25-26-27)20(28)13-5-1-2-6-14(13)21(19)29/h1-10H. The van der Waals surface area contributed by atoms with Gasteiger partial charge in [0.1, 0.15) is 17.3 Å². The highest BCUT2D eigenvalue weighted by atomic mass is 19.1. The fourth-order valence-electron chi connectivity index (χ4n) is 3.42. The summed E-state index contributed by atoms with van der Waals surface area (Å²) >= 11 is 0. The Kier molecular flexibility index (Phi) is 3.67. The van der Waals surface area contributed by atoms with Crippen molar-refractivity contribution >= 4 is 11.6 Å². The molecule has 0 unspecified atom stereocenters. The van der Waals surface area contributed by atoms with Crippen LogP contribution in [-0.4, -0.2) is 31.5 Å². The van der Waals surface area contributed by atoms with Gasteiger partial charge in [0.15, 0.2) is 5.69 Å². The molecule has 6 nitrogen and oxygen atoms in total. The summed E-state index contributed by atoms with van der Waals surface area (Å²) in [5.74, 6) is -2.66. The van der Waals surface area contributed by atoms with Crippen LogP contribution in [0.4, 0.5) is 8.78 Å². The highest BCUT2D eigenvalue weighted by molar-refractivity contribution is 6.27. The smallest absolute Gasteiger partial charge is 0.216 e. The summed E-state index contributed by atoms with van der Waals surface area (Å²) < 4.78 is 30.5. The molecule has 0 fully saturated rings. The number of hydrogen-bond acceptors (Lipinski definition) is 5. The minimum absolute atomic E-state index is 0.0538. The number of fused-ring (bicyclic) bond motifs is 2. The van der Waals surface area contributed by atoms with Gasteiger partial charge in [-0.3, -0.25) is 14.6 Å². The molecule has 0 saturated heterocycles. The van der Waals surface area contributed by atoms with Gasteiger partial charge in [-0.25, -0.2) is 13.5 Å². The van der Waals surface area contributed by atoms with E-state index in [1.54, 1.807) is 18.2 Å². The Hall–Kier alpha value is -4.07. The molecule has 8 heteroatoms. The highest BCUT2D eigenvalue weighted by Gasteiger charge is 2.35. The molecule has 4 aromatic rings. The minimum Gasteiger partial charge on any atom is -0.287 e. The van der Waals surface area contributed by atoms with Gasteiger partial charge in [0, 0.05) is 41.2 Å². The van der Waals surface area contributed by atoms with E-state index in [-0.39, 0.29) is 39.3 Å². The van der Waals surface area contributed by atoms with Crippen molar-refractivity contribution in [3.05, 3.63) is 95.1 Å². The Labute approximate surface area is 162 Å². The van der Waals surface area contributed by atoms with Crippen molar-refractivity contribution in [3.63, 3.8) is 0 Å². The number of ketones is 2. The maximum Gasteiger partial charge on any atom is 0.216 e. The van der Waals surface area contributed by atoms with Crippen LogP contribution in [0.5, 0.6) is 0 Å². The van der Waals surface area contributed by atoms with Gasteiger partial charge in [-0.2, -0.15) is 0 Å². The number of aromatic nitrogens is 4. The monoisotopic (exact) mass is 388 g/mol. The minimum atomic E-state index is -0.854. The molecule has 0 spiro atoms. The lowest BCUT2D eigenvalue weighted by molar-refractivity contribution is 0.0972. The molecule has 140 valence electrons. The van der Waals surface area contributed by atoms with Gasteiger partial charge in [0.25, 0.3) is 0 Å². The van der Waals surface area contributed by atoms with Gasteiger partial charge in [-0.1, -0.05) is 35.5 Å². The van der Waals surface area contributed by atoms with E-state index in [2.05, 4.69) is 15.3 Å². The normalized spacial score (nSPS) is 12.6. The van der Waals surface area contributed by atoms with E-state index >= 15 is 0 Å². The molecule has 0 saturated carbocycles. The molecular weight excluding hydrogens is 378 g/mol. The molecule has 0 radical (unpaired) electrons. The number of benzene rings is 2. The fraction of sp³-hybridized carbons (Fsp3) is 0. The number of hydrogen-bond donors (Lipinski definition) is 0. The van der Waals surface area contributed by atoms with Crippen LogP contribution in [0.25, 0.3) is 16.8 Å². The van der Waals surface area contributed by atoms with Crippen molar-refractivity contribution in [2.24, 2.45) is 0 Å². The lowest BCUT2D eigenvalue weighted by Crippen LogP contribution is -2.23. The van der Waals surface area contributed by atoms with Crippen molar-refractivity contribution in [2.45, 2.75) is 0 Å². The molecule has 0 N–H and O–H groups in total. The summed E-state index contributed by atoms with van der Waals surface area (Å²) in [6.07, 6.45) is 2.84. The molecule has 0 amide bonds. The maximum absolute atomic E-state index is 14.8. The van der Waals surface area contributed by atoms with E-state index in [1.165, 1.54) is 30.6 Å². The first kappa shape index (κ1) is 17.1. The molecule has 0 aliphatic heterocycles. The van der Waals surface area contributed by atoms with Crippen molar-refractivity contribution < 1.29 is 18.4 Å². The summed E-state index contributed by atoms with van der Waals surface area (Å²) in [5.41, 5.74) is 0.121. The molecule has 0 atom stereocenters. The largest absolute Gasteiger partial charge is 0.287 e. The Morgan fingerprint density at radius 2 is 1.55 bits per heavy atom. The molecule has 0 bridgehead atoms. The molecule has 1 aliphatic rings. The maximum atomic E-state index is 14.8. The molecule has 2 aromatic heterocycles. The molecule has 1 aliphatic carbocycles. The number of carbonyl (C=O) groups is 2. The predicted molar refractivity (Wildman–Crippen MR) is 97.8 cm³/mol. The van der Waals surface area contributed by atoms with E-state index in [0.717, 1.165) is 16.8 Å². The molecule has 2 aromatic carbocycles. The molecule has 5 rings (SSSR count). The number of pyridine rings is 1. The van der Waals surface area contributed by atoms with E-state index in [4.69, 9.17) is 0 Å². The van der Waals surface area contributed by atoms with Crippen LogP contribution in [0.15, 0.2) is 60.9 Å². The summed E-state index contributed by atoms with van der Waals surface area (Å²) in [6.45, 7) is 0. The average Bonchev–Trinajstić information content (AvgIpc) is 3.18. The third-order valence-corrected chi connectivity index (χ3v) is 4.74. The molecule has 29 heavy (non-hydrogen) atoms. The van der Waals surface area contributed by atoms with Gasteiger partial charge in [0.2, 0.25) is 11.6 Å². The molecule has 2 heterocycles. The summed E-state index contributed by atoms with van der Waals surface area (Å²) in [5, 5.41) is 7.61. The second-order valence-electron chi connectivity index (χ2n) is 6.43. The van der Waals surface area contributed by atoms with Crippen LogP contribution in [0.1, 0.15) is 32.1 Å². The van der Waals surface area contributed by atoms with Crippen LogP contribution in [0.2, 0.25) is 0 Å². The van der Waals surface area contributed by atoms with Gasteiger partial charge in [-0.05, 0) is 6.07 Å². The van der Waals surface area contributed by atoms with E-state index < -0.39 is 23.2 Å². The quantitative estimate of drug-likeness (QED) is 0.463. The SMILES string of the molecule is O=C1c2ccccc2C(=O)c2c1nnn2-c1cc(F)c(-c2cccnc2)c(F)c1. The van der Waals surface area contributed by atoms with E-state index in [1.807, 2.05) is 0 Å². The second kappa shape index (κ2) is 6.23. The van der Waals surface area contributed by atoms with Crippen molar-refractivity contribution in [1.29, 1.82) is 0 Å². The van der Waals surface area contributed by atoms with Crippen LogP contribution in [0, 0.1) is 11.6 Å². The predicted octanol–water partition coefficient (Wildman–Crippen LogP) is 3.38. The first-order valence-corrected chi connectivity index (χ1v) is 8.60. The zero-order valence-corrected chi connectivity index (χ0v) is 14.6. The number of rotatable bonds is 2. The van der Waals surface area contributed by atoms with Crippen molar-refractivity contribution in [2.75, 3.05) is 0 Å². The van der Waals surface area contributed by atoms with Crippen molar-refractivity contribution in [3.8, 4) is 16.8 Å².